The van der Waals surface area contributed by atoms with Crippen LogP contribution in [0.3, 0.4) is 0 Å². The Labute approximate surface area is 159 Å². The third kappa shape index (κ3) is 4.37. The SMILES string of the molecule is O=C(Nc1ccc(Cl)cc1)NC1CC(=O)OC1c1ccc(Cl)cc1Cl. The molecule has 2 aromatic carbocycles. The van der Waals surface area contributed by atoms with Gasteiger partial charge in [-0.2, -0.15) is 0 Å². The highest BCUT2D eigenvalue weighted by Crippen LogP contribution is 2.35. The van der Waals surface area contributed by atoms with Crippen LogP contribution in [0.1, 0.15) is 18.1 Å². The molecule has 2 N–H and O–H groups in total. The third-order valence-electron chi connectivity index (χ3n) is 3.70. The number of rotatable bonds is 3. The van der Waals surface area contributed by atoms with Crippen molar-refractivity contribution < 1.29 is 14.3 Å². The molecule has 0 aliphatic carbocycles. The summed E-state index contributed by atoms with van der Waals surface area (Å²) >= 11 is 17.9. The van der Waals surface area contributed by atoms with Crippen LogP contribution in [-0.2, 0) is 9.53 Å². The van der Waals surface area contributed by atoms with E-state index in [1.54, 1.807) is 42.5 Å². The highest BCUT2D eigenvalue weighted by atomic mass is 35.5. The lowest BCUT2D eigenvalue weighted by molar-refractivity contribution is -0.141. The van der Waals surface area contributed by atoms with Crippen LogP contribution in [0.15, 0.2) is 42.5 Å². The smallest absolute Gasteiger partial charge is 0.319 e. The quantitative estimate of drug-likeness (QED) is 0.727. The minimum atomic E-state index is -0.673. The molecule has 5 nitrogen and oxygen atoms in total. The second-order valence-corrected chi connectivity index (χ2v) is 6.77. The minimum Gasteiger partial charge on any atom is -0.455 e. The van der Waals surface area contributed by atoms with Gasteiger partial charge in [0.05, 0.1) is 12.5 Å². The maximum atomic E-state index is 12.2. The number of anilines is 1. The van der Waals surface area contributed by atoms with Crippen LogP contribution in [0.5, 0.6) is 0 Å². The van der Waals surface area contributed by atoms with E-state index in [1.807, 2.05) is 0 Å². The Hall–Kier alpha value is -1.95. The molecule has 8 heteroatoms. The molecule has 0 radical (unpaired) electrons. The highest BCUT2D eigenvalue weighted by molar-refractivity contribution is 6.35. The molecule has 2 aromatic rings. The van der Waals surface area contributed by atoms with E-state index in [-0.39, 0.29) is 6.42 Å². The van der Waals surface area contributed by atoms with Crippen molar-refractivity contribution in [3.8, 4) is 0 Å². The van der Waals surface area contributed by atoms with Crippen LogP contribution >= 0.6 is 34.8 Å². The molecule has 130 valence electrons. The van der Waals surface area contributed by atoms with Crippen LogP contribution < -0.4 is 10.6 Å². The molecule has 2 atom stereocenters. The molecule has 2 unspecified atom stereocenters. The molecule has 1 heterocycles. The van der Waals surface area contributed by atoms with E-state index in [1.165, 1.54) is 0 Å². The first-order valence-corrected chi connectivity index (χ1v) is 8.53. The van der Waals surface area contributed by atoms with E-state index in [0.717, 1.165) is 0 Å². The molecule has 1 fully saturated rings. The van der Waals surface area contributed by atoms with Gasteiger partial charge in [0, 0.05) is 26.3 Å². The summed E-state index contributed by atoms with van der Waals surface area (Å²) in [6, 6.07) is 10.6. The number of ether oxygens (including phenoxy) is 1. The lowest BCUT2D eigenvalue weighted by atomic mass is 10.0. The van der Waals surface area contributed by atoms with Gasteiger partial charge in [-0.25, -0.2) is 4.79 Å². The average molecular weight is 400 g/mol. The second-order valence-electron chi connectivity index (χ2n) is 5.49. The summed E-state index contributed by atoms with van der Waals surface area (Å²) in [7, 11) is 0. The molecule has 25 heavy (non-hydrogen) atoms. The zero-order valence-electron chi connectivity index (χ0n) is 12.8. The fraction of sp³-hybridized carbons (Fsp3) is 0.176. The predicted molar refractivity (Wildman–Crippen MR) is 97.3 cm³/mol. The van der Waals surface area contributed by atoms with Crippen LogP contribution in [0.2, 0.25) is 15.1 Å². The number of cyclic esters (lactones) is 1. The van der Waals surface area contributed by atoms with E-state index in [2.05, 4.69) is 10.6 Å². The van der Waals surface area contributed by atoms with Gasteiger partial charge in [0.15, 0.2) is 0 Å². The Balaban J connectivity index is 1.72. The van der Waals surface area contributed by atoms with Crippen LogP contribution in [0, 0.1) is 0 Å². The van der Waals surface area contributed by atoms with Crippen molar-refractivity contribution in [1.82, 2.24) is 5.32 Å². The molecule has 0 spiro atoms. The van der Waals surface area contributed by atoms with Crippen LogP contribution in [0.4, 0.5) is 10.5 Å². The van der Waals surface area contributed by atoms with Crippen molar-refractivity contribution in [3.05, 3.63) is 63.1 Å². The number of benzene rings is 2. The molecule has 1 saturated heterocycles. The van der Waals surface area contributed by atoms with Gasteiger partial charge in [-0.05, 0) is 36.4 Å². The van der Waals surface area contributed by atoms with Gasteiger partial charge in [0.2, 0.25) is 0 Å². The maximum absolute atomic E-state index is 12.2. The van der Waals surface area contributed by atoms with Gasteiger partial charge in [0.1, 0.15) is 6.10 Å². The summed E-state index contributed by atoms with van der Waals surface area (Å²) in [6.07, 6.45) is -0.620. The summed E-state index contributed by atoms with van der Waals surface area (Å²) < 4.78 is 5.32. The van der Waals surface area contributed by atoms with Crippen molar-refractivity contribution in [3.63, 3.8) is 0 Å². The van der Waals surface area contributed by atoms with Gasteiger partial charge in [-0.15, -0.1) is 0 Å². The molecule has 3 rings (SSSR count). The molecule has 2 amide bonds. The molecule has 1 aliphatic rings. The Morgan fingerprint density at radius 1 is 1.04 bits per heavy atom. The number of esters is 1. The van der Waals surface area contributed by atoms with Crippen molar-refractivity contribution in [2.75, 3.05) is 5.32 Å². The molecule has 1 aliphatic heterocycles. The zero-order chi connectivity index (χ0) is 18.0. The van der Waals surface area contributed by atoms with Gasteiger partial charge in [-0.3, -0.25) is 4.79 Å². The van der Waals surface area contributed by atoms with Crippen molar-refractivity contribution in [1.29, 1.82) is 0 Å². The summed E-state index contributed by atoms with van der Waals surface area (Å²) in [5.41, 5.74) is 1.17. The largest absolute Gasteiger partial charge is 0.455 e. The van der Waals surface area contributed by atoms with Crippen LogP contribution in [0.25, 0.3) is 0 Å². The molecule has 0 aromatic heterocycles. The van der Waals surface area contributed by atoms with Crippen LogP contribution in [-0.4, -0.2) is 18.0 Å². The summed E-state index contributed by atoms with van der Waals surface area (Å²) in [5, 5.41) is 6.83. The first-order chi connectivity index (χ1) is 11.9. The van der Waals surface area contributed by atoms with Crippen molar-refractivity contribution >= 4 is 52.5 Å². The van der Waals surface area contributed by atoms with Crippen molar-refractivity contribution in [2.24, 2.45) is 0 Å². The Kier molecular flexibility index (Phi) is 5.37. The first kappa shape index (κ1) is 17.9. The summed E-state index contributed by atoms with van der Waals surface area (Å²) in [6.45, 7) is 0. The number of carbonyl (C=O) groups is 2. The minimum absolute atomic E-state index is 0.0532. The molecular formula is C17H13Cl3N2O3. The fourth-order valence-corrected chi connectivity index (χ4v) is 3.21. The Bertz CT molecular complexity index is 811. The first-order valence-electron chi connectivity index (χ1n) is 7.40. The number of urea groups is 1. The predicted octanol–water partition coefficient (Wildman–Crippen LogP) is 4.83. The number of carbonyl (C=O) groups excluding carboxylic acids is 2. The zero-order valence-corrected chi connectivity index (χ0v) is 15.0. The van der Waals surface area contributed by atoms with Gasteiger partial charge in [0.25, 0.3) is 0 Å². The third-order valence-corrected chi connectivity index (χ3v) is 4.51. The topological polar surface area (TPSA) is 67.4 Å². The van der Waals surface area contributed by atoms with E-state index >= 15 is 0 Å². The number of halogens is 3. The standard InChI is InChI=1S/C17H13Cl3N2O3/c18-9-1-4-11(5-2-9)21-17(24)22-14-8-15(23)25-16(14)12-6-3-10(19)7-13(12)20/h1-7,14,16H,8H2,(H2,21,22,24). The van der Waals surface area contributed by atoms with E-state index in [4.69, 9.17) is 39.5 Å². The Morgan fingerprint density at radius 3 is 2.40 bits per heavy atom. The number of hydrogen-bond acceptors (Lipinski definition) is 3. The Morgan fingerprint density at radius 2 is 1.72 bits per heavy atom. The maximum Gasteiger partial charge on any atom is 0.319 e. The highest BCUT2D eigenvalue weighted by Gasteiger charge is 2.38. The number of hydrogen-bond donors (Lipinski definition) is 2. The molecular weight excluding hydrogens is 387 g/mol. The number of nitrogens with one attached hydrogen (secondary N) is 2. The average Bonchev–Trinajstić information content (AvgIpc) is 2.89. The summed E-state index contributed by atoms with van der Waals surface area (Å²) in [5.74, 6) is -0.409. The second kappa shape index (κ2) is 7.52. The van der Waals surface area contributed by atoms with Gasteiger partial charge >= 0.3 is 12.0 Å². The monoisotopic (exact) mass is 398 g/mol. The van der Waals surface area contributed by atoms with E-state index < -0.39 is 24.1 Å². The number of amides is 2. The fourth-order valence-electron chi connectivity index (χ4n) is 2.57. The summed E-state index contributed by atoms with van der Waals surface area (Å²) in [4.78, 5) is 23.9. The molecule has 0 saturated carbocycles. The van der Waals surface area contributed by atoms with Gasteiger partial charge in [-0.1, -0.05) is 40.9 Å². The molecule has 0 bridgehead atoms. The lowest BCUT2D eigenvalue weighted by Gasteiger charge is -2.20. The van der Waals surface area contributed by atoms with Crippen molar-refractivity contribution in [2.45, 2.75) is 18.6 Å². The normalized spacial score (nSPS) is 19.4. The van der Waals surface area contributed by atoms with E-state index in [0.29, 0.717) is 26.3 Å². The lowest BCUT2D eigenvalue weighted by Crippen LogP contribution is -2.39. The van der Waals surface area contributed by atoms with Gasteiger partial charge < -0.3 is 15.4 Å². The van der Waals surface area contributed by atoms with E-state index in [9.17, 15) is 9.59 Å².